The van der Waals surface area contributed by atoms with Crippen molar-refractivity contribution in [1.82, 2.24) is 4.98 Å². The first kappa shape index (κ1) is 13.1. The minimum Gasteiger partial charge on any atom is -0.543 e. The molecule has 0 amide bonds. The fourth-order valence-corrected chi connectivity index (χ4v) is 2.54. The van der Waals surface area contributed by atoms with Crippen molar-refractivity contribution in [3.63, 3.8) is 0 Å². The van der Waals surface area contributed by atoms with E-state index in [1.165, 1.54) is 16.2 Å². The number of quaternary nitrogens is 1. The first-order chi connectivity index (χ1) is 7.67. The summed E-state index contributed by atoms with van der Waals surface area (Å²) in [5.74, 6) is -1.19. The molecule has 0 saturated carbocycles. The first-order valence-electron chi connectivity index (χ1n) is 5.66. The Morgan fingerprint density at radius 3 is 2.50 bits per heavy atom. The third kappa shape index (κ3) is 3.90. The summed E-state index contributed by atoms with van der Waals surface area (Å²) in [6.45, 7) is 7.34. The molecule has 1 rings (SSSR count). The molecule has 90 valence electrons. The Morgan fingerprint density at radius 1 is 1.44 bits per heavy atom. The van der Waals surface area contributed by atoms with Gasteiger partial charge in [-0.05, 0) is 12.8 Å². The second kappa shape index (κ2) is 6.60. The molecule has 5 heteroatoms. The van der Waals surface area contributed by atoms with Crippen molar-refractivity contribution in [2.24, 2.45) is 0 Å². The van der Waals surface area contributed by atoms with Crippen molar-refractivity contribution >= 4 is 17.3 Å². The number of carboxylic acid groups (broad SMARTS) is 1. The first-order valence-corrected chi connectivity index (χ1v) is 6.54. The van der Waals surface area contributed by atoms with Crippen molar-refractivity contribution in [3.05, 3.63) is 16.1 Å². The Kier molecular flexibility index (Phi) is 5.42. The third-order valence-electron chi connectivity index (χ3n) is 2.37. The Labute approximate surface area is 99.9 Å². The van der Waals surface area contributed by atoms with Crippen LogP contribution in [0, 0.1) is 0 Å². The van der Waals surface area contributed by atoms with E-state index in [-0.39, 0.29) is 5.69 Å². The quantitative estimate of drug-likeness (QED) is 0.715. The maximum Gasteiger partial charge on any atom is 0.148 e. The van der Waals surface area contributed by atoms with Crippen molar-refractivity contribution in [2.45, 2.75) is 33.2 Å². The van der Waals surface area contributed by atoms with Gasteiger partial charge in [0.15, 0.2) is 0 Å². The Bertz CT molecular complexity index is 332. The van der Waals surface area contributed by atoms with E-state index in [9.17, 15) is 9.90 Å². The lowest BCUT2D eigenvalue weighted by Gasteiger charge is -2.16. The molecule has 0 unspecified atom stereocenters. The van der Waals surface area contributed by atoms with Gasteiger partial charge in [0.1, 0.15) is 11.6 Å². The fourth-order valence-electron chi connectivity index (χ4n) is 1.71. The van der Waals surface area contributed by atoms with E-state index in [4.69, 9.17) is 0 Å². The number of thiazole rings is 1. The number of carbonyl (C=O) groups is 1. The summed E-state index contributed by atoms with van der Waals surface area (Å²) in [5, 5.41) is 13.0. The highest BCUT2D eigenvalue weighted by Gasteiger charge is 2.11. The largest absolute Gasteiger partial charge is 0.543 e. The Hall–Kier alpha value is -0.940. The molecule has 1 aromatic heterocycles. The van der Waals surface area contributed by atoms with Gasteiger partial charge in [-0.15, -0.1) is 11.3 Å². The standard InChI is InChI=1S/C11H18N2O2S/c1-3-5-13(6-4-2)7-10-12-9(8-16-10)11(14)15/h8H,3-7H2,1-2H3,(H,14,15). The summed E-state index contributed by atoms with van der Waals surface area (Å²) >= 11 is 1.41. The summed E-state index contributed by atoms with van der Waals surface area (Å²) in [6.07, 6.45) is 2.27. The highest BCUT2D eigenvalue weighted by Crippen LogP contribution is 2.07. The van der Waals surface area contributed by atoms with Gasteiger partial charge >= 0.3 is 0 Å². The molecule has 0 aliphatic carbocycles. The monoisotopic (exact) mass is 242 g/mol. The van der Waals surface area contributed by atoms with Gasteiger partial charge in [-0.1, -0.05) is 13.8 Å². The van der Waals surface area contributed by atoms with E-state index in [0.29, 0.717) is 0 Å². The summed E-state index contributed by atoms with van der Waals surface area (Å²) < 4.78 is 0. The SMILES string of the molecule is CCC[NH+](CCC)Cc1nc(C(=O)[O-])cs1. The fraction of sp³-hybridized carbons (Fsp3) is 0.636. The molecule has 1 aromatic rings. The molecule has 0 aromatic carbocycles. The molecule has 16 heavy (non-hydrogen) atoms. The zero-order valence-corrected chi connectivity index (χ0v) is 10.6. The van der Waals surface area contributed by atoms with E-state index in [1.54, 1.807) is 5.38 Å². The Balaban J connectivity index is 2.58. The zero-order valence-electron chi connectivity index (χ0n) is 9.78. The lowest BCUT2D eigenvalue weighted by molar-refractivity contribution is -0.914. The number of nitrogens with one attached hydrogen (secondary N) is 1. The number of carboxylic acids is 1. The molecule has 1 heterocycles. The van der Waals surface area contributed by atoms with E-state index in [2.05, 4.69) is 18.8 Å². The number of aromatic carboxylic acids is 1. The molecule has 0 saturated heterocycles. The summed E-state index contributed by atoms with van der Waals surface area (Å²) in [7, 11) is 0. The predicted octanol–water partition coefficient (Wildman–Crippen LogP) is -0.288. The van der Waals surface area contributed by atoms with Crippen molar-refractivity contribution in [2.75, 3.05) is 13.1 Å². The van der Waals surface area contributed by atoms with Gasteiger partial charge in [0.05, 0.1) is 24.8 Å². The number of aromatic nitrogens is 1. The number of hydrogen-bond donors (Lipinski definition) is 1. The number of nitrogens with zero attached hydrogens (tertiary/aromatic N) is 1. The molecule has 1 N–H and O–H groups in total. The average Bonchev–Trinajstić information content (AvgIpc) is 2.67. The maximum atomic E-state index is 10.6. The van der Waals surface area contributed by atoms with Crippen LogP contribution in [0.4, 0.5) is 0 Å². The van der Waals surface area contributed by atoms with Gasteiger partial charge in [0.2, 0.25) is 0 Å². The van der Waals surface area contributed by atoms with Crippen LogP contribution in [0.3, 0.4) is 0 Å². The van der Waals surface area contributed by atoms with Crippen molar-refractivity contribution in [3.8, 4) is 0 Å². The van der Waals surface area contributed by atoms with Crippen molar-refractivity contribution < 1.29 is 14.8 Å². The third-order valence-corrected chi connectivity index (χ3v) is 3.22. The average molecular weight is 242 g/mol. The number of rotatable bonds is 7. The smallest absolute Gasteiger partial charge is 0.148 e. The number of hydrogen-bond acceptors (Lipinski definition) is 4. The van der Waals surface area contributed by atoms with Gasteiger partial charge in [-0.25, -0.2) is 4.98 Å². The minimum absolute atomic E-state index is 0.0624. The van der Waals surface area contributed by atoms with E-state index in [1.807, 2.05) is 0 Å². The molecular formula is C11H18N2O2S. The highest BCUT2D eigenvalue weighted by molar-refractivity contribution is 7.09. The van der Waals surface area contributed by atoms with Gasteiger partial charge in [-0.3, -0.25) is 0 Å². The van der Waals surface area contributed by atoms with Crippen LogP contribution in [0.1, 0.15) is 42.2 Å². The van der Waals surface area contributed by atoms with Crippen LogP contribution in [0.15, 0.2) is 5.38 Å². The van der Waals surface area contributed by atoms with Crippen molar-refractivity contribution in [1.29, 1.82) is 0 Å². The second-order valence-electron chi connectivity index (χ2n) is 3.84. The molecule has 4 nitrogen and oxygen atoms in total. The molecule has 0 atom stereocenters. The number of carbonyl (C=O) groups excluding carboxylic acids is 1. The topological polar surface area (TPSA) is 57.5 Å². The van der Waals surface area contributed by atoms with Gasteiger partial charge in [0, 0.05) is 5.38 Å². The normalized spacial score (nSPS) is 10.9. The molecule has 0 radical (unpaired) electrons. The van der Waals surface area contributed by atoms with Crippen LogP contribution >= 0.6 is 11.3 Å². The van der Waals surface area contributed by atoms with Gasteiger partial charge in [-0.2, -0.15) is 0 Å². The molecule has 0 aliphatic rings. The van der Waals surface area contributed by atoms with E-state index < -0.39 is 5.97 Å². The maximum absolute atomic E-state index is 10.6. The molecule has 0 spiro atoms. The lowest BCUT2D eigenvalue weighted by atomic mass is 10.3. The van der Waals surface area contributed by atoms with Crippen LogP contribution in [-0.4, -0.2) is 24.0 Å². The highest BCUT2D eigenvalue weighted by atomic mass is 32.1. The molecule has 0 bridgehead atoms. The van der Waals surface area contributed by atoms with Crippen LogP contribution < -0.4 is 10.0 Å². The van der Waals surface area contributed by atoms with Gasteiger partial charge < -0.3 is 14.8 Å². The second-order valence-corrected chi connectivity index (χ2v) is 4.78. The summed E-state index contributed by atoms with van der Waals surface area (Å²) in [5.41, 5.74) is 0.0624. The van der Waals surface area contributed by atoms with Crippen LogP contribution in [0.5, 0.6) is 0 Å². The predicted molar refractivity (Wildman–Crippen MR) is 61.4 cm³/mol. The summed E-state index contributed by atoms with van der Waals surface area (Å²) in [6, 6.07) is 0. The van der Waals surface area contributed by atoms with E-state index in [0.717, 1.165) is 37.5 Å². The molecule has 0 fully saturated rings. The van der Waals surface area contributed by atoms with Crippen LogP contribution in [0.25, 0.3) is 0 Å². The minimum atomic E-state index is -1.19. The van der Waals surface area contributed by atoms with Crippen LogP contribution in [-0.2, 0) is 6.54 Å². The van der Waals surface area contributed by atoms with Gasteiger partial charge in [0.25, 0.3) is 0 Å². The molecular weight excluding hydrogens is 224 g/mol. The lowest BCUT2D eigenvalue weighted by Crippen LogP contribution is -3.10. The molecule has 0 aliphatic heterocycles. The Morgan fingerprint density at radius 2 is 2.06 bits per heavy atom. The van der Waals surface area contributed by atoms with E-state index >= 15 is 0 Å². The zero-order chi connectivity index (χ0) is 12.0. The van der Waals surface area contributed by atoms with Crippen LogP contribution in [0.2, 0.25) is 0 Å². The summed E-state index contributed by atoms with van der Waals surface area (Å²) in [4.78, 5) is 16.1.